The summed E-state index contributed by atoms with van der Waals surface area (Å²) in [5.74, 6) is 0.903. The second-order valence-corrected chi connectivity index (χ2v) is 5.49. The Hall–Kier alpha value is -0.770. The van der Waals surface area contributed by atoms with Crippen LogP contribution in [0.15, 0.2) is 4.99 Å². The van der Waals surface area contributed by atoms with Crippen LogP contribution in [0.3, 0.4) is 0 Å². The molecule has 18 heavy (non-hydrogen) atoms. The number of ether oxygens (including phenoxy) is 1. The highest BCUT2D eigenvalue weighted by molar-refractivity contribution is 5.79. The summed E-state index contributed by atoms with van der Waals surface area (Å²) in [5.41, 5.74) is 0.362. The maximum absolute atomic E-state index is 5.95. The molecule has 104 valence electrons. The maximum Gasteiger partial charge on any atom is 0.190 e. The average Bonchev–Trinajstić information content (AvgIpc) is 2.43. The second-order valence-electron chi connectivity index (χ2n) is 5.49. The summed E-state index contributed by atoms with van der Waals surface area (Å²) >= 11 is 0. The molecular weight excluding hydrogens is 226 g/mol. The molecular formula is C14H27N3O. The predicted molar refractivity (Wildman–Crippen MR) is 74.9 cm³/mol. The molecule has 2 fully saturated rings. The first-order chi connectivity index (χ1) is 8.76. The van der Waals surface area contributed by atoms with Gasteiger partial charge >= 0.3 is 0 Å². The molecule has 2 aliphatic rings. The summed E-state index contributed by atoms with van der Waals surface area (Å²) in [6, 6.07) is 0.528. The normalized spacial score (nSPS) is 30.9. The van der Waals surface area contributed by atoms with Crippen molar-refractivity contribution in [3.05, 3.63) is 0 Å². The lowest BCUT2D eigenvalue weighted by Crippen LogP contribution is -2.66. The van der Waals surface area contributed by atoms with Crippen molar-refractivity contribution in [2.45, 2.75) is 57.6 Å². The van der Waals surface area contributed by atoms with Crippen LogP contribution in [0.25, 0.3) is 0 Å². The SMILES string of the molecule is CCOC1CC(NC(=NC)NC)C12CCCCC2. The molecule has 0 bridgehead atoms. The molecule has 0 aromatic rings. The molecule has 4 heteroatoms. The fraction of sp³-hybridized carbons (Fsp3) is 0.929. The van der Waals surface area contributed by atoms with Crippen LogP contribution >= 0.6 is 0 Å². The van der Waals surface area contributed by atoms with E-state index in [1.807, 2.05) is 14.1 Å². The molecule has 2 saturated carbocycles. The van der Waals surface area contributed by atoms with Crippen molar-refractivity contribution in [3.8, 4) is 0 Å². The van der Waals surface area contributed by atoms with Gasteiger partial charge in [0.15, 0.2) is 5.96 Å². The molecule has 0 amide bonds. The number of aliphatic imine (C=N–C) groups is 1. The van der Waals surface area contributed by atoms with E-state index in [1.54, 1.807) is 0 Å². The van der Waals surface area contributed by atoms with Gasteiger partial charge in [-0.05, 0) is 26.2 Å². The Morgan fingerprint density at radius 3 is 2.61 bits per heavy atom. The molecule has 4 nitrogen and oxygen atoms in total. The van der Waals surface area contributed by atoms with E-state index < -0.39 is 0 Å². The molecule has 0 aromatic carbocycles. The molecule has 0 heterocycles. The van der Waals surface area contributed by atoms with Gasteiger partial charge < -0.3 is 15.4 Å². The van der Waals surface area contributed by atoms with Crippen LogP contribution < -0.4 is 10.6 Å². The van der Waals surface area contributed by atoms with Gasteiger partial charge in [0.2, 0.25) is 0 Å². The van der Waals surface area contributed by atoms with Gasteiger partial charge in [0, 0.05) is 32.2 Å². The van der Waals surface area contributed by atoms with Crippen LogP contribution in [0.1, 0.15) is 45.4 Å². The van der Waals surface area contributed by atoms with E-state index in [2.05, 4.69) is 22.5 Å². The first-order valence-corrected chi connectivity index (χ1v) is 7.29. The van der Waals surface area contributed by atoms with Gasteiger partial charge in [-0.25, -0.2) is 0 Å². The van der Waals surface area contributed by atoms with Crippen molar-refractivity contribution in [1.29, 1.82) is 0 Å². The Morgan fingerprint density at radius 1 is 1.33 bits per heavy atom. The van der Waals surface area contributed by atoms with Crippen LogP contribution in [-0.2, 0) is 4.74 Å². The highest BCUT2D eigenvalue weighted by Gasteiger charge is 2.55. The molecule has 0 radical (unpaired) electrons. The molecule has 0 aromatic heterocycles. The van der Waals surface area contributed by atoms with Crippen molar-refractivity contribution in [2.24, 2.45) is 10.4 Å². The van der Waals surface area contributed by atoms with Crippen LogP contribution in [0, 0.1) is 5.41 Å². The van der Waals surface area contributed by atoms with E-state index in [0.717, 1.165) is 19.0 Å². The molecule has 0 saturated heterocycles. The maximum atomic E-state index is 5.95. The highest BCUT2D eigenvalue weighted by atomic mass is 16.5. The van der Waals surface area contributed by atoms with Crippen LogP contribution in [0.4, 0.5) is 0 Å². The van der Waals surface area contributed by atoms with E-state index in [0.29, 0.717) is 17.6 Å². The molecule has 1 spiro atoms. The number of hydrogen-bond donors (Lipinski definition) is 2. The summed E-state index contributed by atoms with van der Waals surface area (Å²) in [4.78, 5) is 4.23. The van der Waals surface area contributed by atoms with Crippen molar-refractivity contribution >= 4 is 5.96 Å². The van der Waals surface area contributed by atoms with Crippen molar-refractivity contribution in [2.75, 3.05) is 20.7 Å². The first-order valence-electron chi connectivity index (χ1n) is 7.29. The molecule has 0 aliphatic heterocycles. The van der Waals surface area contributed by atoms with Crippen LogP contribution in [0.2, 0.25) is 0 Å². The fourth-order valence-corrected chi connectivity index (χ4v) is 3.68. The topological polar surface area (TPSA) is 45.6 Å². The third kappa shape index (κ3) is 2.35. The molecule has 2 N–H and O–H groups in total. The minimum atomic E-state index is 0.362. The Kier molecular flexibility index (Phi) is 4.49. The number of nitrogens with zero attached hydrogens (tertiary/aromatic N) is 1. The number of hydrogen-bond acceptors (Lipinski definition) is 2. The monoisotopic (exact) mass is 253 g/mol. The Labute approximate surface area is 111 Å². The van der Waals surface area contributed by atoms with Gasteiger partial charge in [-0.1, -0.05) is 19.3 Å². The number of nitrogens with one attached hydrogen (secondary N) is 2. The van der Waals surface area contributed by atoms with Gasteiger partial charge in [-0.15, -0.1) is 0 Å². The van der Waals surface area contributed by atoms with E-state index in [1.165, 1.54) is 32.1 Å². The zero-order chi connectivity index (χ0) is 13.0. The fourth-order valence-electron chi connectivity index (χ4n) is 3.68. The first kappa shape index (κ1) is 13.7. The van der Waals surface area contributed by atoms with Crippen LogP contribution in [-0.4, -0.2) is 38.8 Å². The zero-order valence-corrected chi connectivity index (χ0v) is 12.0. The van der Waals surface area contributed by atoms with Gasteiger partial charge in [-0.2, -0.15) is 0 Å². The van der Waals surface area contributed by atoms with Crippen molar-refractivity contribution < 1.29 is 4.74 Å². The van der Waals surface area contributed by atoms with E-state index in [-0.39, 0.29) is 0 Å². The summed E-state index contributed by atoms with van der Waals surface area (Å²) in [6.07, 6.45) is 8.25. The van der Waals surface area contributed by atoms with Crippen molar-refractivity contribution in [1.82, 2.24) is 10.6 Å². The van der Waals surface area contributed by atoms with E-state index >= 15 is 0 Å². The Balaban J connectivity index is 2.03. The van der Waals surface area contributed by atoms with Gasteiger partial charge in [0.05, 0.1) is 6.10 Å². The summed E-state index contributed by atoms with van der Waals surface area (Å²) in [5, 5.41) is 6.68. The zero-order valence-electron chi connectivity index (χ0n) is 12.0. The van der Waals surface area contributed by atoms with Gasteiger partial charge in [0.25, 0.3) is 0 Å². The molecule has 2 aliphatic carbocycles. The standard InChI is InChI=1S/C14H27N3O/c1-4-18-12-10-11(17-13(15-2)16-3)14(12)8-6-5-7-9-14/h11-12H,4-10H2,1-3H3,(H2,15,16,17). The lowest BCUT2D eigenvalue weighted by molar-refractivity contribution is -0.145. The van der Waals surface area contributed by atoms with Crippen LogP contribution in [0.5, 0.6) is 0 Å². The third-order valence-corrected chi connectivity index (χ3v) is 4.71. The number of rotatable bonds is 3. The van der Waals surface area contributed by atoms with Gasteiger partial charge in [0.1, 0.15) is 0 Å². The molecule has 2 atom stereocenters. The third-order valence-electron chi connectivity index (χ3n) is 4.71. The Morgan fingerprint density at radius 2 is 2.06 bits per heavy atom. The highest BCUT2D eigenvalue weighted by Crippen LogP contribution is 2.53. The predicted octanol–water partition coefficient (Wildman–Crippen LogP) is 1.91. The summed E-state index contributed by atoms with van der Waals surface area (Å²) in [7, 11) is 3.74. The Bertz CT molecular complexity index is 297. The minimum absolute atomic E-state index is 0.362. The summed E-state index contributed by atoms with van der Waals surface area (Å²) in [6.45, 7) is 2.93. The largest absolute Gasteiger partial charge is 0.378 e. The second kappa shape index (κ2) is 5.91. The van der Waals surface area contributed by atoms with E-state index in [4.69, 9.17) is 4.74 Å². The molecule has 2 unspecified atom stereocenters. The quantitative estimate of drug-likeness (QED) is 0.596. The van der Waals surface area contributed by atoms with Crippen molar-refractivity contribution in [3.63, 3.8) is 0 Å². The lowest BCUT2D eigenvalue weighted by Gasteiger charge is -2.57. The minimum Gasteiger partial charge on any atom is -0.378 e. The summed E-state index contributed by atoms with van der Waals surface area (Å²) < 4.78 is 5.95. The number of guanidine groups is 1. The lowest BCUT2D eigenvalue weighted by atomic mass is 9.55. The van der Waals surface area contributed by atoms with E-state index in [9.17, 15) is 0 Å². The van der Waals surface area contributed by atoms with Gasteiger partial charge in [-0.3, -0.25) is 4.99 Å². The smallest absolute Gasteiger partial charge is 0.190 e. The molecule has 2 rings (SSSR count). The average molecular weight is 253 g/mol.